The topological polar surface area (TPSA) is 90.4 Å². The van der Waals surface area contributed by atoms with Crippen molar-refractivity contribution in [3.05, 3.63) is 47.3 Å². The SMILES string of the molecule is Cc1cc(C)cc([C@H](O)CNC(=O)Nc2cnc(N(C)C)nc2)c1. The predicted molar refractivity (Wildman–Crippen MR) is 94.3 cm³/mol. The van der Waals surface area contributed by atoms with Crippen molar-refractivity contribution in [1.29, 1.82) is 0 Å². The summed E-state index contributed by atoms with van der Waals surface area (Å²) < 4.78 is 0. The van der Waals surface area contributed by atoms with E-state index >= 15 is 0 Å². The second-order valence-corrected chi connectivity index (χ2v) is 5.94. The van der Waals surface area contributed by atoms with Gasteiger partial charge in [0.05, 0.1) is 24.2 Å². The largest absolute Gasteiger partial charge is 0.387 e. The maximum Gasteiger partial charge on any atom is 0.319 e. The summed E-state index contributed by atoms with van der Waals surface area (Å²) in [5, 5.41) is 15.5. The molecule has 2 amide bonds. The fourth-order valence-corrected chi connectivity index (χ4v) is 2.30. The molecule has 7 nitrogen and oxygen atoms in total. The van der Waals surface area contributed by atoms with Gasteiger partial charge in [-0.1, -0.05) is 29.3 Å². The number of rotatable bonds is 5. The summed E-state index contributed by atoms with van der Waals surface area (Å²) in [5.74, 6) is 0.561. The molecule has 0 fully saturated rings. The standard InChI is InChI=1S/C17H23N5O2/c1-11-5-12(2)7-13(6-11)15(23)10-20-17(24)21-14-8-18-16(19-9-14)22(3)4/h5-9,15,23H,10H2,1-4H3,(H2,20,21,24)/t15-/m1/s1. The minimum absolute atomic E-state index is 0.116. The van der Waals surface area contributed by atoms with Crippen LogP contribution < -0.4 is 15.5 Å². The Kier molecular flexibility index (Phi) is 5.70. The van der Waals surface area contributed by atoms with E-state index in [1.54, 1.807) is 4.90 Å². The van der Waals surface area contributed by atoms with Crippen molar-refractivity contribution in [3.63, 3.8) is 0 Å². The first-order valence-corrected chi connectivity index (χ1v) is 7.65. The second-order valence-electron chi connectivity index (χ2n) is 5.94. The third kappa shape index (κ3) is 4.92. The van der Waals surface area contributed by atoms with Crippen LogP contribution in [0.4, 0.5) is 16.4 Å². The second kappa shape index (κ2) is 7.74. The van der Waals surface area contributed by atoms with Gasteiger partial charge >= 0.3 is 6.03 Å². The maximum atomic E-state index is 11.9. The Hall–Kier alpha value is -2.67. The van der Waals surface area contributed by atoms with Gasteiger partial charge in [0.1, 0.15) is 0 Å². The van der Waals surface area contributed by atoms with E-state index in [4.69, 9.17) is 0 Å². The number of carbonyl (C=O) groups is 1. The van der Waals surface area contributed by atoms with Gasteiger partial charge in [-0.25, -0.2) is 14.8 Å². The highest BCUT2D eigenvalue weighted by molar-refractivity contribution is 5.88. The minimum Gasteiger partial charge on any atom is -0.387 e. The molecule has 1 aromatic carbocycles. The van der Waals surface area contributed by atoms with Crippen LogP contribution in [0.3, 0.4) is 0 Å². The van der Waals surface area contributed by atoms with E-state index in [0.29, 0.717) is 11.6 Å². The molecule has 0 spiro atoms. The summed E-state index contributed by atoms with van der Waals surface area (Å²) in [5.41, 5.74) is 3.42. The molecule has 1 aromatic heterocycles. The van der Waals surface area contributed by atoms with Crippen LogP contribution in [-0.4, -0.2) is 41.7 Å². The number of amides is 2. The highest BCUT2D eigenvalue weighted by atomic mass is 16.3. The Morgan fingerprint density at radius 1 is 1.17 bits per heavy atom. The molecule has 0 bridgehead atoms. The number of hydrogen-bond acceptors (Lipinski definition) is 5. The number of nitrogens with zero attached hydrogens (tertiary/aromatic N) is 3. The first kappa shape index (κ1) is 17.7. The molecule has 128 valence electrons. The van der Waals surface area contributed by atoms with Crippen molar-refractivity contribution in [2.24, 2.45) is 0 Å². The van der Waals surface area contributed by atoms with Crippen molar-refractivity contribution in [2.75, 3.05) is 30.9 Å². The molecular weight excluding hydrogens is 306 g/mol. The van der Waals surface area contributed by atoms with E-state index in [-0.39, 0.29) is 6.54 Å². The number of hydrogen-bond donors (Lipinski definition) is 3. The molecular formula is C17H23N5O2. The number of aryl methyl sites for hydroxylation is 2. The molecule has 0 aliphatic rings. The average molecular weight is 329 g/mol. The molecule has 0 aliphatic carbocycles. The molecule has 2 rings (SSSR count). The third-order valence-corrected chi connectivity index (χ3v) is 3.38. The summed E-state index contributed by atoms with van der Waals surface area (Å²) in [4.78, 5) is 21.9. The highest BCUT2D eigenvalue weighted by Crippen LogP contribution is 2.16. The summed E-state index contributed by atoms with van der Waals surface area (Å²) >= 11 is 0. The average Bonchev–Trinajstić information content (AvgIpc) is 2.52. The molecule has 1 atom stereocenters. The van der Waals surface area contributed by atoms with Crippen molar-refractivity contribution < 1.29 is 9.90 Å². The number of benzene rings is 1. The lowest BCUT2D eigenvalue weighted by Gasteiger charge is -2.14. The van der Waals surface area contributed by atoms with Crippen molar-refractivity contribution in [1.82, 2.24) is 15.3 Å². The zero-order valence-electron chi connectivity index (χ0n) is 14.4. The number of aromatic nitrogens is 2. The van der Waals surface area contributed by atoms with Crippen LogP contribution in [0.1, 0.15) is 22.8 Å². The molecule has 0 saturated heterocycles. The molecule has 24 heavy (non-hydrogen) atoms. The molecule has 0 saturated carbocycles. The molecule has 0 aliphatic heterocycles. The van der Waals surface area contributed by atoms with Crippen LogP contribution in [0.15, 0.2) is 30.6 Å². The summed E-state index contributed by atoms with van der Waals surface area (Å²) in [6.07, 6.45) is 2.30. The van der Waals surface area contributed by atoms with Gasteiger partial charge in [0.2, 0.25) is 5.95 Å². The van der Waals surface area contributed by atoms with Gasteiger partial charge in [0, 0.05) is 20.6 Å². The van der Waals surface area contributed by atoms with Crippen LogP contribution in [0.2, 0.25) is 0 Å². The Morgan fingerprint density at radius 3 is 2.29 bits per heavy atom. The summed E-state index contributed by atoms with van der Waals surface area (Å²) in [6.45, 7) is 4.06. The highest BCUT2D eigenvalue weighted by Gasteiger charge is 2.11. The van der Waals surface area contributed by atoms with E-state index < -0.39 is 12.1 Å². The van der Waals surface area contributed by atoms with Gasteiger partial charge in [0.25, 0.3) is 0 Å². The summed E-state index contributed by atoms with van der Waals surface area (Å²) in [6, 6.07) is 5.43. The van der Waals surface area contributed by atoms with Crippen LogP contribution >= 0.6 is 0 Å². The van der Waals surface area contributed by atoms with Gasteiger partial charge in [-0.05, 0) is 19.4 Å². The normalized spacial score (nSPS) is 11.7. The van der Waals surface area contributed by atoms with Gasteiger partial charge in [-0.3, -0.25) is 0 Å². The van der Waals surface area contributed by atoms with Crippen LogP contribution in [0.5, 0.6) is 0 Å². The molecule has 3 N–H and O–H groups in total. The molecule has 7 heteroatoms. The smallest absolute Gasteiger partial charge is 0.319 e. The zero-order chi connectivity index (χ0) is 17.7. The number of anilines is 2. The maximum absolute atomic E-state index is 11.9. The zero-order valence-corrected chi connectivity index (χ0v) is 14.4. The van der Waals surface area contributed by atoms with Crippen molar-refractivity contribution in [3.8, 4) is 0 Å². The Bertz CT molecular complexity index is 680. The molecule has 0 unspecified atom stereocenters. The Balaban J connectivity index is 1.88. The van der Waals surface area contributed by atoms with Gasteiger partial charge in [-0.15, -0.1) is 0 Å². The molecule has 1 heterocycles. The number of carbonyl (C=O) groups excluding carboxylic acids is 1. The number of nitrogens with one attached hydrogen (secondary N) is 2. The number of urea groups is 1. The van der Waals surface area contributed by atoms with Crippen molar-refractivity contribution >= 4 is 17.7 Å². The van der Waals surface area contributed by atoms with E-state index in [9.17, 15) is 9.90 Å². The fraction of sp³-hybridized carbons (Fsp3) is 0.353. The quantitative estimate of drug-likeness (QED) is 0.781. The lowest BCUT2D eigenvalue weighted by Crippen LogP contribution is -2.32. The van der Waals surface area contributed by atoms with E-state index in [2.05, 4.69) is 20.6 Å². The first-order chi connectivity index (χ1) is 11.3. The van der Waals surface area contributed by atoms with Crippen LogP contribution in [0.25, 0.3) is 0 Å². The van der Waals surface area contributed by atoms with Crippen LogP contribution in [0, 0.1) is 13.8 Å². The number of aliphatic hydroxyl groups is 1. The monoisotopic (exact) mass is 329 g/mol. The van der Waals surface area contributed by atoms with Crippen LogP contribution in [-0.2, 0) is 0 Å². The lowest BCUT2D eigenvalue weighted by molar-refractivity contribution is 0.175. The van der Waals surface area contributed by atoms with Gasteiger partial charge in [-0.2, -0.15) is 0 Å². The predicted octanol–water partition coefficient (Wildman–Crippen LogP) is 2.01. The van der Waals surface area contributed by atoms with Gasteiger partial charge < -0.3 is 20.6 Å². The molecule has 0 radical (unpaired) electrons. The Labute approximate surface area is 141 Å². The van der Waals surface area contributed by atoms with Crippen molar-refractivity contribution in [2.45, 2.75) is 20.0 Å². The van der Waals surface area contributed by atoms with E-state index in [0.717, 1.165) is 16.7 Å². The number of aliphatic hydroxyl groups excluding tert-OH is 1. The lowest BCUT2D eigenvalue weighted by atomic mass is 10.0. The van der Waals surface area contributed by atoms with Gasteiger partial charge in [0.15, 0.2) is 0 Å². The van der Waals surface area contributed by atoms with E-state index in [1.165, 1.54) is 12.4 Å². The first-order valence-electron chi connectivity index (χ1n) is 7.65. The third-order valence-electron chi connectivity index (χ3n) is 3.38. The van der Waals surface area contributed by atoms with E-state index in [1.807, 2.05) is 46.1 Å². The fourth-order valence-electron chi connectivity index (χ4n) is 2.30. The minimum atomic E-state index is -0.762. The Morgan fingerprint density at radius 2 is 1.75 bits per heavy atom. The summed E-state index contributed by atoms with van der Waals surface area (Å²) in [7, 11) is 3.67. The molecule has 2 aromatic rings.